The summed E-state index contributed by atoms with van der Waals surface area (Å²) >= 11 is 0. The fraction of sp³-hybridized carbons (Fsp3) is 1.00. The fourth-order valence-corrected chi connectivity index (χ4v) is 2.99. The molecule has 0 aromatic carbocycles. The van der Waals surface area contributed by atoms with E-state index in [2.05, 4.69) is 29.0 Å². The molecule has 17 heavy (non-hydrogen) atoms. The Bertz CT molecular complexity index is 227. The van der Waals surface area contributed by atoms with Crippen LogP contribution in [0.25, 0.3) is 0 Å². The van der Waals surface area contributed by atoms with E-state index >= 15 is 0 Å². The molecule has 2 fully saturated rings. The van der Waals surface area contributed by atoms with Gasteiger partial charge >= 0.3 is 0 Å². The molecule has 100 valence electrons. The molecule has 2 saturated heterocycles. The molecule has 2 aliphatic heterocycles. The van der Waals surface area contributed by atoms with Crippen molar-refractivity contribution in [3.63, 3.8) is 0 Å². The molecule has 2 heterocycles. The Morgan fingerprint density at radius 2 is 2.00 bits per heavy atom. The van der Waals surface area contributed by atoms with Crippen LogP contribution < -0.4 is 5.32 Å². The van der Waals surface area contributed by atoms with E-state index < -0.39 is 6.17 Å². The number of nitrogens with one attached hydrogen (secondary N) is 1. The van der Waals surface area contributed by atoms with Gasteiger partial charge in [-0.05, 0) is 39.8 Å². The summed E-state index contributed by atoms with van der Waals surface area (Å²) in [6.07, 6.45) is 1.46. The lowest BCUT2D eigenvalue weighted by molar-refractivity contribution is 0.0252. The summed E-state index contributed by atoms with van der Waals surface area (Å²) in [5.74, 6) is 0. The van der Waals surface area contributed by atoms with Gasteiger partial charge in [0, 0.05) is 38.3 Å². The normalized spacial score (nSPS) is 33.9. The fourth-order valence-electron chi connectivity index (χ4n) is 2.99. The summed E-state index contributed by atoms with van der Waals surface area (Å²) < 4.78 is 14.3. The first kappa shape index (κ1) is 13.2. The molecule has 0 aromatic rings. The predicted octanol–water partition coefficient (Wildman–Crippen LogP) is 1.10. The number of halogens is 1. The Hall–Kier alpha value is -0.190. The monoisotopic (exact) mass is 243 g/mol. The van der Waals surface area contributed by atoms with E-state index in [-0.39, 0.29) is 6.04 Å². The predicted molar refractivity (Wildman–Crippen MR) is 69.1 cm³/mol. The molecule has 2 unspecified atom stereocenters. The Morgan fingerprint density at radius 3 is 2.71 bits per heavy atom. The molecule has 0 amide bonds. The molecule has 2 rings (SSSR count). The standard InChI is InChI=1S/C13H26FN3/c1-11(2)17-8-4-13(12(14)10-17)16-7-3-5-15-6-9-16/h11-13,15H,3-10H2,1-2H3. The molecule has 0 aliphatic carbocycles. The van der Waals surface area contributed by atoms with Crippen molar-refractivity contribution in [2.75, 3.05) is 39.3 Å². The van der Waals surface area contributed by atoms with Crippen molar-refractivity contribution in [1.82, 2.24) is 15.1 Å². The van der Waals surface area contributed by atoms with Crippen LogP contribution in [-0.4, -0.2) is 67.3 Å². The first-order chi connectivity index (χ1) is 8.18. The average Bonchev–Trinajstić information content (AvgIpc) is 2.57. The van der Waals surface area contributed by atoms with Crippen LogP contribution in [0.5, 0.6) is 0 Å². The summed E-state index contributed by atoms with van der Waals surface area (Å²) in [4.78, 5) is 4.62. The Labute approximate surface area is 104 Å². The van der Waals surface area contributed by atoms with E-state index in [1.54, 1.807) is 0 Å². The van der Waals surface area contributed by atoms with Gasteiger partial charge in [0.05, 0.1) is 0 Å². The van der Waals surface area contributed by atoms with Crippen LogP contribution in [0.4, 0.5) is 4.39 Å². The molecule has 3 nitrogen and oxygen atoms in total. The van der Waals surface area contributed by atoms with Crippen LogP contribution in [0.15, 0.2) is 0 Å². The lowest BCUT2D eigenvalue weighted by Gasteiger charge is -2.41. The number of hydrogen-bond acceptors (Lipinski definition) is 3. The second-order valence-electron chi connectivity index (χ2n) is 5.60. The first-order valence-electron chi connectivity index (χ1n) is 7.01. The molecule has 2 atom stereocenters. The molecule has 0 saturated carbocycles. The quantitative estimate of drug-likeness (QED) is 0.783. The average molecular weight is 243 g/mol. The number of alkyl halides is 1. The van der Waals surface area contributed by atoms with Crippen LogP contribution in [0, 0.1) is 0 Å². The third kappa shape index (κ3) is 3.39. The molecule has 0 aromatic heterocycles. The van der Waals surface area contributed by atoms with Crippen molar-refractivity contribution in [2.45, 2.75) is 44.9 Å². The van der Waals surface area contributed by atoms with Gasteiger partial charge in [0.1, 0.15) is 6.17 Å². The number of piperidine rings is 1. The molecular formula is C13H26FN3. The maximum atomic E-state index is 14.3. The summed E-state index contributed by atoms with van der Waals surface area (Å²) in [6, 6.07) is 0.630. The van der Waals surface area contributed by atoms with Crippen molar-refractivity contribution in [3.8, 4) is 0 Å². The molecule has 0 radical (unpaired) electrons. The smallest absolute Gasteiger partial charge is 0.128 e. The number of likely N-dealkylation sites (tertiary alicyclic amines) is 1. The third-order valence-electron chi connectivity index (χ3n) is 4.11. The molecule has 1 N–H and O–H groups in total. The highest BCUT2D eigenvalue weighted by atomic mass is 19.1. The maximum Gasteiger partial charge on any atom is 0.128 e. The highest BCUT2D eigenvalue weighted by Gasteiger charge is 2.34. The Balaban J connectivity index is 1.89. The number of hydrogen-bond donors (Lipinski definition) is 1. The van der Waals surface area contributed by atoms with E-state index in [1.807, 2.05) is 0 Å². The summed E-state index contributed by atoms with van der Waals surface area (Å²) in [6.45, 7) is 10.1. The first-order valence-corrected chi connectivity index (χ1v) is 7.01. The van der Waals surface area contributed by atoms with Crippen LogP contribution >= 0.6 is 0 Å². The highest BCUT2D eigenvalue weighted by molar-refractivity contribution is 4.89. The van der Waals surface area contributed by atoms with Gasteiger partial charge in [-0.2, -0.15) is 0 Å². The molecule has 4 heteroatoms. The van der Waals surface area contributed by atoms with Gasteiger partial charge in [-0.3, -0.25) is 9.80 Å². The van der Waals surface area contributed by atoms with Crippen molar-refractivity contribution in [3.05, 3.63) is 0 Å². The molecular weight excluding hydrogens is 217 g/mol. The lowest BCUT2D eigenvalue weighted by Crippen LogP contribution is -2.54. The minimum Gasteiger partial charge on any atom is -0.315 e. The number of rotatable bonds is 2. The van der Waals surface area contributed by atoms with Gasteiger partial charge in [0.15, 0.2) is 0 Å². The summed E-state index contributed by atoms with van der Waals surface area (Å²) in [7, 11) is 0. The minimum absolute atomic E-state index is 0.157. The largest absolute Gasteiger partial charge is 0.315 e. The third-order valence-corrected chi connectivity index (χ3v) is 4.11. The van der Waals surface area contributed by atoms with Crippen LogP contribution in [0.1, 0.15) is 26.7 Å². The van der Waals surface area contributed by atoms with Gasteiger partial charge in [-0.25, -0.2) is 4.39 Å². The SMILES string of the molecule is CC(C)N1CCC(N2CCCNCC2)C(F)C1. The van der Waals surface area contributed by atoms with Crippen molar-refractivity contribution in [2.24, 2.45) is 0 Å². The zero-order chi connectivity index (χ0) is 12.3. The Morgan fingerprint density at radius 1 is 1.18 bits per heavy atom. The zero-order valence-electron chi connectivity index (χ0n) is 11.2. The van der Waals surface area contributed by atoms with Crippen LogP contribution in [-0.2, 0) is 0 Å². The zero-order valence-corrected chi connectivity index (χ0v) is 11.2. The second kappa shape index (κ2) is 6.12. The maximum absolute atomic E-state index is 14.3. The van der Waals surface area contributed by atoms with E-state index in [1.165, 1.54) is 0 Å². The van der Waals surface area contributed by atoms with Gasteiger partial charge in [0.2, 0.25) is 0 Å². The second-order valence-corrected chi connectivity index (χ2v) is 5.60. The van der Waals surface area contributed by atoms with Crippen molar-refractivity contribution < 1.29 is 4.39 Å². The molecule has 0 spiro atoms. The van der Waals surface area contributed by atoms with Gasteiger partial charge < -0.3 is 5.32 Å². The van der Waals surface area contributed by atoms with E-state index in [0.29, 0.717) is 12.6 Å². The van der Waals surface area contributed by atoms with Gasteiger partial charge in [-0.1, -0.05) is 0 Å². The Kier molecular flexibility index (Phi) is 4.77. The highest BCUT2D eigenvalue weighted by Crippen LogP contribution is 2.21. The minimum atomic E-state index is -0.677. The lowest BCUT2D eigenvalue weighted by atomic mass is 10.00. The summed E-state index contributed by atoms with van der Waals surface area (Å²) in [5.41, 5.74) is 0. The molecule has 0 bridgehead atoms. The number of nitrogens with zero attached hydrogens (tertiary/aromatic N) is 2. The topological polar surface area (TPSA) is 18.5 Å². The van der Waals surface area contributed by atoms with Crippen LogP contribution in [0.3, 0.4) is 0 Å². The van der Waals surface area contributed by atoms with Crippen molar-refractivity contribution >= 4 is 0 Å². The summed E-state index contributed by atoms with van der Waals surface area (Å²) in [5, 5.41) is 3.38. The van der Waals surface area contributed by atoms with E-state index in [0.717, 1.165) is 45.6 Å². The van der Waals surface area contributed by atoms with E-state index in [9.17, 15) is 4.39 Å². The van der Waals surface area contributed by atoms with Gasteiger partial charge in [0.25, 0.3) is 0 Å². The van der Waals surface area contributed by atoms with Gasteiger partial charge in [-0.15, -0.1) is 0 Å². The van der Waals surface area contributed by atoms with E-state index in [4.69, 9.17) is 0 Å². The van der Waals surface area contributed by atoms with Crippen LogP contribution in [0.2, 0.25) is 0 Å². The van der Waals surface area contributed by atoms with Crippen molar-refractivity contribution in [1.29, 1.82) is 0 Å². The molecule has 2 aliphatic rings.